The molecule has 0 spiro atoms. The van der Waals surface area contributed by atoms with Crippen molar-refractivity contribution in [3.63, 3.8) is 0 Å². The predicted octanol–water partition coefficient (Wildman–Crippen LogP) is 3.50. The summed E-state index contributed by atoms with van der Waals surface area (Å²) in [5.74, 6) is 0. The Kier molecular flexibility index (Phi) is 3.39. The van der Waals surface area contributed by atoms with Crippen molar-refractivity contribution in [2.45, 2.75) is 43.4 Å². The monoisotopic (exact) mass is 238 g/mol. The summed E-state index contributed by atoms with van der Waals surface area (Å²) in [5, 5.41) is 0. The lowest BCUT2D eigenvalue weighted by atomic mass is 11.7. The molecule has 0 rings (SSSR count). The molecule has 0 saturated heterocycles. The quantitative estimate of drug-likeness (QED) is 0.511. The molecule has 0 N–H and O–H groups in total. The van der Waals surface area contributed by atoms with Crippen LogP contribution in [0.25, 0.3) is 0 Å². The van der Waals surface area contributed by atoms with Crippen molar-refractivity contribution in [3.05, 3.63) is 0 Å². The lowest BCUT2D eigenvalue weighted by Gasteiger charge is -2.33. The van der Waals surface area contributed by atoms with Crippen molar-refractivity contribution in [3.8, 4) is 0 Å². The first kappa shape index (κ1) is 10.9. The zero-order chi connectivity index (χ0) is 8.58. The van der Waals surface area contributed by atoms with E-state index in [-0.39, 0.29) is 0 Å². The average Bonchev–Trinajstić information content (AvgIpc) is 1.59. The van der Waals surface area contributed by atoms with Crippen molar-refractivity contribution in [2.24, 2.45) is 0 Å². The third kappa shape index (κ3) is 3.35. The van der Waals surface area contributed by atoms with Gasteiger partial charge in [0.05, 0.1) is 16.1 Å². The van der Waals surface area contributed by atoms with E-state index in [0.717, 1.165) is 4.07 Å². The molecule has 0 atom stereocenters. The minimum absolute atomic E-state index is 0.854. The van der Waals surface area contributed by atoms with E-state index in [4.69, 9.17) is 0 Å². The summed E-state index contributed by atoms with van der Waals surface area (Å²) in [4.78, 5) is 0. The SMILES string of the molecule is C[Si](C)(C)C(Br)[Si](C)(C)C. The lowest BCUT2D eigenvalue weighted by Crippen LogP contribution is -2.49. The fraction of sp³-hybridized carbons (Fsp3) is 1.00. The molecular formula is C7H19BrSi2. The Bertz CT molecular complexity index is 95.8. The summed E-state index contributed by atoms with van der Waals surface area (Å²) in [5.41, 5.74) is 0. The lowest BCUT2D eigenvalue weighted by molar-refractivity contribution is 1.49. The van der Waals surface area contributed by atoms with Gasteiger partial charge < -0.3 is 0 Å². The summed E-state index contributed by atoms with van der Waals surface area (Å²) in [6.45, 7) is 14.6. The molecule has 0 amide bonds. The summed E-state index contributed by atoms with van der Waals surface area (Å²) in [6.07, 6.45) is 0. The smallest absolute Gasteiger partial charge is 0.0562 e. The van der Waals surface area contributed by atoms with Crippen LogP contribution in [0.5, 0.6) is 0 Å². The van der Waals surface area contributed by atoms with Crippen molar-refractivity contribution < 1.29 is 0 Å². The van der Waals surface area contributed by atoms with Crippen LogP contribution in [0.2, 0.25) is 39.3 Å². The van der Waals surface area contributed by atoms with Gasteiger partial charge in [-0.2, -0.15) is 0 Å². The second-order valence-corrected chi connectivity index (χ2v) is 18.9. The van der Waals surface area contributed by atoms with E-state index in [9.17, 15) is 0 Å². The zero-order valence-corrected chi connectivity index (χ0v) is 11.5. The number of halogens is 1. The molecule has 0 saturated carbocycles. The van der Waals surface area contributed by atoms with Crippen molar-refractivity contribution in [2.75, 3.05) is 0 Å². The van der Waals surface area contributed by atoms with Crippen molar-refractivity contribution in [1.82, 2.24) is 0 Å². The Morgan fingerprint density at radius 3 is 1.00 bits per heavy atom. The van der Waals surface area contributed by atoms with Crippen molar-refractivity contribution in [1.29, 1.82) is 0 Å². The Morgan fingerprint density at radius 2 is 1.00 bits per heavy atom. The molecule has 0 bridgehead atoms. The normalized spacial score (nSPS) is 14.4. The largest absolute Gasteiger partial charge is 0.0958 e. The molecule has 0 aliphatic carbocycles. The zero-order valence-electron chi connectivity index (χ0n) is 7.96. The fourth-order valence-corrected chi connectivity index (χ4v) is 11.7. The average molecular weight is 239 g/mol. The second-order valence-electron chi connectivity index (χ2n) is 5.09. The molecule has 0 radical (unpaired) electrons. The van der Waals surface area contributed by atoms with E-state index < -0.39 is 16.1 Å². The van der Waals surface area contributed by atoms with Crippen molar-refractivity contribution >= 4 is 32.1 Å². The number of alkyl halides is 1. The maximum atomic E-state index is 3.84. The van der Waals surface area contributed by atoms with Crippen LogP contribution < -0.4 is 0 Å². The summed E-state index contributed by atoms with van der Waals surface area (Å²) < 4.78 is 0.854. The second kappa shape index (κ2) is 3.11. The highest BCUT2D eigenvalue weighted by Gasteiger charge is 2.35. The molecule has 0 aliphatic heterocycles. The third-order valence-corrected chi connectivity index (χ3v) is 18.0. The van der Waals surface area contributed by atoms with Crippen LogP contribution in [0.3, 0.4) is 0 Å². The highest BCUT2D eigenvalue weighted by atomic mass is 79.9. The van der Waals surface area contributed by atoms with Crippen LogP contribution in [0.1, 0.15) is 0 Å². The van der Waals surface area contributed by atoms with E-state index in [0.29, 0.717) is 0 Å². The van der Waals surface area contributed by atoms with E-state index in [2.05, 4.69) is 55.2 Å². The highest BCUT2D eigenvalue weighted by Crippen LogP contribution is 2.25. The number of hydrogen-bond donors (Lipinski definition) is 0. The predicted molar refractivity (Wildman–Crippen MR) is 59.4 cm³/mol. The Labute approximate surface area is 75.6 Å². The van der Waals surface area contributed by atoms with E-state index in [1.54, 1.807) is 0 Å². The molecular weight excluding hydrogens is 220 g/mol. The topological polar surface area (TPSA) is 0 Å². The molecule has 0 unspecified atom stereocenters. The van der Waals surface area contributed by atoms with Gasteiger partial charge in [0.1, 0.15) is 0 Å². The van der Waals surface area contributed by atoms with Gasteiger partial charge in [-0.25, -0.2) is 0 Å². The maximum Gasteiger partial charge on any atom is 0.0562 e. The molecule has 0 aliphatic rings. The first-order valence-electron chi connectivity index (χ1n) is 3.80. The number of hydrogen-bond acceptors (Lipinski definition) is 0. The first-order valence-corrected chi connectivity index (χ1v) is 11.9. The summed E-state index contributed by atoms with van der Waals surface area (Å²) >= 11 is 3.84. The van der Waals surface area contributed by atoms with Crippen LogP contribution in [-0.2, 0) is 0 Å². The Balaban J connectivity index is 4.23. The highest BCUT2D eigenvalue weighted by molar-refractivity contribution is 9.10. The van der Waals surface area contributed by atoms with Crippen LogP contribution in [0, 0.1) is 0 Å². The molecule has 3 heteroatoms. The van der Waals surface area contributed by atoms with E-state index >= 15 is 0 Å². The standard InChI is InChI=1S/C7H19BrSi2/c1-9(2,3)7(8)10(4,5)6/h7H,1-6H3. The fourth-order valence-electron chi connectivity index (χ4n) is 1.30. The molecule has 62 valence electrons. The minimum Gasteiger partial charge on any atom is -0.0958 e. The van der Waals surface area contributed by atoms with Crippen LogP contribution in [0.15, 0.2) is 0 Å². The van der Waals surface area contributed by atoms with Gasteiger partial charge in [0.2, 0.25) is 0 Å². The van der Waals surface area contributed by atoms with Crippen LogP contribution in [0.4, 0.5) is 0 Å². The van der Waals surface area contributed by atoms with Gasteiger partial charge >= 0.3 is 0 Å². The van der Waals surface area contributed by atoms with Gasteiger partial charge in [-0.1, -0.05) is 55.2 Å². The minimum atomic E-state index is -0.918. The van der Waals surface area contributed by atoms with Gasteiger partial charge in [0.15, 0.2) is 0 Å². The van der Waals surface area contributed by atoms with Crippen LogP contribution in [-0.4, -0.2) is 20.2 Å². The Morgan fingerprint density at radius 1 is 0.800 bits per heavy atom. The molecule has 10 heavy (non-hydrogen) atoms. The van der Waals surface area contributed by atoms with Gasteiger partial charge in [0, 0.05) is 4.07 Å². The molecule has 0 aromatic carbocycles. The molecule has 0 nitrogen and oxygen atoms in total. The van der Waals surface area contributed by atoms with Gasteiger partial charge in [0.25, 0.3) is 0 Å². The Hall–Kier alpha value is 0.914. The first-order chi connectivity index (χ1) is 4.15. The third-order valence-electron chi connectivity index (χ3n) is 1.52. The van der Waals surface area contributed by atoms with E-state index in [1.807, 2.05) is 0 Å². The summed E-state index contributed by atoms with van der Waals surface area (Å²) in [6, 6.07) is 0. The van der Waals surface area contributed by atoms with Gasteiger partial charge in [-0.05, 0) is 0 Å². The van der Waals surface area contributed by atoms with E-state index in [1.165, 1.54) is 0 Å². The van der Waals surface area contributed by atoms with Gasteiger partial charge in [-0.15, -0.1) is 0 Å². The van der Waals surface area contributed by atoms with Crippen LogP contribution >= 0.6 is 15.9 Å². The maximum absolute atomic E-state index is 3.84. The summed E-state index contributed by atoms with van der Waals surface area (Å²) in [7, 11) is -1.84. The number of rotatable bonds is 2. The molecule has 0 aromatic heterocycles. The molecule has 0 fully saturated rings. The molecule has 0 aromatic rings. The van der Waals surface area contributed by atoms with Gasteiger partial charge in [-0.3, -0.25) is 0 Å². The molecule has 0 heterocycles.